The van der Waals surface area contributed by atoms with E-state index in [4.69, 9.17) is 4.74 Å². The highest BCUT2D eigenvalue weighted by Gasteiger charge is 2.19. The first-order chi connectivity index (χ1) is 14.1. The van der Waals surface area contributed by atoms with Crippen molar-refractivity contribution in [2.24, 2.45) is 0 Å². The highest BCUT2D eigenvalue weighted by Crippen LogP contribution is 2.23. The molecule has 0 saturated carbocycles. The molecule has 0 radical (unpaired) electrons. The van der Waals surface area contributed by atoms with Crippen LogP contribution >= 0.6 is 0 Å². The van der Waals surface area contributed by atoms with E-state index < -0.39 is 5.91 Å². The maximum Gasteiger partial charge on any atom is 0.295 e. The standard InChI is InChI=1S/C22H17FN4O2/c1-29-19-13-11-18(12-14-19)27-21(15-5-3-2-4-6-15)25-20(26-27)22(28)24-17-9-7-16(23)8-10-17/h2-14H,1H3,(H,24,28). The number of amides is 1. The molecule has 29 heavy (non-hydrogen) atoms. The first-order valence-corrected chi connectivity index (χ1v) is 8.88. The molecular weight excluding hydrogens is 371 g/mol. The van der Waals surface area contributed by atoms with Crippen LogP contribution in [0.1, 0.15) is 10.6 Å². The van der Waals surface area contributed by atoms with Crippen LogP contribution in [0.2, 0.25) is 0 Å². The summed E-state index contributed by atoms with van der Waals surface area (Å²) in [4.78, 5) is 17.1. The highest BCUT2D eigenvalue weighted by molar-refractivity contribution is 6.01. The Bertz CT molecular complexity index is 1120. The van der Waals surface area contributed by atoms with Crippen molar-refractivity contribution in [3.8, 4) is 22.8 Å². The van der Waals surface area contributed by atoms with Crippen molar-refractivity contribution >= 4 is 11.6 Å². The Morgan fingerprint density at radius 2 is 1.66 bits per heavy atom. The first-order valence-electron chi connectivity index (χ1n) is 8.88. The summed E-state index contributed by atoms with van der Waals surface area (Å²) in [5.41, 5.74) is 2.01. The average molecular weight is 388 g/mol. The van der Waals surface area contributed by atoms with Crippen LogP contribution in [0.3, 0.4) is 0 Å². The van der Waals surface area contributed by atoms with Gasteiger partial charge in [-0.15, -0.1) is 5.10 Å². The third-order valence-corrected chi connectivity index (χ3v) is 4.26. The molecule has 0 unspecified atom stereocenters. The van der Waals surface area contributed by atoms with E-state index in [0.717, 1.165) is 11.3 Å². The molecule has 0 spiro atoms. The number of nitrogens with zero attached hydrogens (tertiary/aromatic N) is 3. The van der Waals surface area contributed by atoms with Crippen LogP contribution in [0.4, 0.5) is 10.1 Å². The molecule has 0 fully saturated rings. The molecule has 0 aliphatic rings. The minimum atomic E-state index is -0.485. The molecule has 1 amide bonds. The van der Waals surface area contributed by atoms with Gasteiger partial charge >= 0.3 is 0 Å². The van der Waals surface area contributed by atoms with Gasteiger partial charge in [-0.1, -0.05) is 30.3 Å². The molecule has 1 aromatic heterocycles. The van der Waals surface area contributed by atoms with Crippen molar-refractivity contribution in [1.82, 2.24) is 14.8 Å². The monoisotopic (exact) mass is 388 g/mol. The lowest BCUT2D eigenvalue weighted by atomic mass is 10.2. The largest absolute Gasteiger partial charge is 0.497 e. The predicted octanol–water partition coefficient (Wildman–Crippen LogP) is 4.33. The number of rotatable bonds is 5. The Kier molecular flexibility index (Phi) is 5.03. The molecule has 1 N–H and O–H groups in total. The van der Waals surface area contributed by atoms with Gasteiger partial charge in [0.25, 0.3) is 5.91 Å². The number of nitrogens with one attached hydrogen (secondary N) is 1. The van der Waals surface area contributed by atoms with Gasteiger partial charge in [0.05, 0.1) is 12.8 Å². The molecule has 3 aromatic carbocycles. The molecule has 6 nitrogen and oxygen atoms in total. The Hall–Kier alpha value is -4.00. The number of hydrogen-bond acceptors (Lipinski definition) is 4. The van der Waals surface area contributed by atoms with Gasteiger partial charge in [0, 0.05) is 11.3 Å². The predicted molar refractivity (Wildman–Crippen MR) is 108 cm³/mol. The maximum absolute atomic E-state index is 13.1. The minimum Gasteiger partial charge on any atom is -0.497 e. The highest BCUT2D eigenvalue weighted by atomic mass is 19.1. The Morgan fingerprint density at radius 3 is 2.31 bits per heavy atom. The number of carbonyl (C=O) groups excluding carboxylic acids is 1. The Labute approximate surface area is 166 Å². The van der Waals surface area contributed by atoms with Gasteiger partial charge in [0.1, 0.15) is 11.6 Å². The van der Waals surface area contributed by atoms with Gasteiger partial charge in [-0.25, -0.2) is 14.1 Å². The number of methoxy groups -OCH3 is 1. The normalized spacial score (nSPS) is 10.6. The molecule has 7 heteroatoms. The van der Waals surface area contributed by atoms with Crippen molar-refractivity contribution in [3.05, 3.63) is 90.5 Å². The zero-order valence-electron chi connectivity index (χ0n) is 15.5. The molecule has 4 rings (SSSR count). The van der Waals surface area contributed by atoms with E-state index in [0.29, 0.717) is 17.3 Å². The van der Waals surface area contributed by atoms with Crippen molar-refractivity contribution in [1.29, 1.82) is 0 Å². The van der Waals surface area contributed by atoms with Crippen LogP contribution < -0.4 is 10.1 Å². The summed E-state index contributed by atoms with van der Waals surface area (Å²) in [5.74, 6) is 0.380. The van der Waals surface area contributed by atoms with E-state index >= 15 is 0 Å². The number of benzene rings is 3. The molecular formula is C22H17FN4O2. The topological polar surface area (TPSA) is 69.0 Å². The summed E-state index contributed by atoms with van der Waals surface area (Å²) in [7, 11) is 1.60. The lowest BCUT2D eigenvalue weighted by Gasteiger charge is -2.07. The molecule has 0 aliphatic carbocycles. The lowest BCUT2D eigenvalue weighted by Crippen LogP contribution is -2.14. The van der Waals surface area contributed by atoms with Crippen molar-refractivity contribution in [3.63, 3.8) is 0 Å². The smallest absolute Gasteiger partial charge is 0.295 e. The second-order valence-corrected chi connectivity index (χ2v) is 6.20. The molecule has 4 aromatic rings. The molecule has 1 heterocycles. The van der Waals surface area contributed by atoms with Gasteiger partial charge in [-0.3, -0.25) is 4.79 Å². The molecule has 0 saturated heterocycles. The summed E-state index contributed by atoms with van der Waals surface area (Å²) in [6.07, 6.45) is 0. The van der Waals surface area contributed by atoms with Crippen LogP contribution in [0.15, 0.2) is 78.9 Å². The van der Waals surface area contributed by atoms with Crippen LogP contribution in [0, 0.1) is 5.82 Å². The van der Waals surface area contributed by atoms with Crippen molar-refractivity contribution < 1.29 is 13.9 Å². The second-order valence-electron chi connectivity index (χ2n) is 6.20. The van der Waals surface area contributed by atoms with Crippen molar-refractivity contribution in [2.75, 3.05) is 12.4 Å². The number of anilines is 1. The SMILES string of the molecule is COc1ccc(-n2nc(C(=O)Nc3ccc(F)cc3)nc2-c2ccccc2)cc1. The summed E-state index contributed by atoms with van der Waals surface area (Å²) in [6.45, 7) is 0. The van der Waals surface area contributed by atoms with Crippen LogP contribution in [-0.4, -0.2) is 27.8 Å². The average Bonchev–Trinajstić information content (AvgIpc) is 3.22. The Balaban J connectivity index is 1.72. The Morgan fingerprint density at radius 1 is 0.966 bits per heavy atom. The van der Waals surface area contributed by atoms with Crippen LogP contribution in [0.5, 0.6) is 5.75 Å². The number of halogens is 1. The fourth-order valence-electron chi connectivity index (χ4n) is 2.81. The number of ether oxygens (including phenoxy) is 1. The van der Waals surface area contributed by atoms with Gasteiger partial charge < -0.3 is 10.1 Å². The van der Waals surface area contributed by atoms with E-state index in [2.05, 4.69) is 15.4 Å². The van der Waals surface area contributed by atoms with Crippen LogP contribution in [0.25, 0.3) is 17.1 Å². The van der Waals surface area contributed by atoms with Gasteiger partial charge in [-0.05, 0) is 48.5 Å². The zero-order valence-corrected chi connectivity index (χ0v) is 15.5. The lowest BCUT2D eigenvalue weighted by molar-refractivity contribution is 0.101. The molecule has 0 atom stereocenters. The first kappa shape index (κ1) is 18.4. The van der Waals surface area contributed by atoms with Gasteiger partial charge in [0.2, 0.25) is 5.82 Å². The molecule has 144 valence electrons. The van der Waals surface area contributed by atoms with Crippen molar-refractivity contribution in [2.45, 2.75) is 0 Å². The number of carbonyl (C=O) groups is 1. The third kappa shape index (κ3) is 3.98. The molecule has 0 aliphatic heterocycles. The summed E-state index contributed by atoms with van der Waals surface area (Å²) in [6, 6.07) is 22.3. The van der Waals surface area contributed by atoms with Gasteiger partial charge in [-0.2, -0.15) is 0 Å². The zero-order chi connectivity index (χ0) is 20.2. The van der Waals surface area contributed by atoms with E-state index in [1.165, 1.54) is 24.3 Å². The fraction of sp³-hybridized carbons (Fsp3) is 0.0455. The fourth-order valence-corrected chi connectivity index (χ4v) is 2.81. The summed E-state index contributed by atoms with van der Waals surface area (Å²) >= 11 is 0. The minimum absolute atomic E-state index is 0.00370. The van der Waals surface area contributed by atoms with E-state index in [1.54, 1.807) is 11.8 Å². The summed E-state index contributed by atoms with van der Waals surface area (Å²) in [5, 5.41) is 7.09. The van der Waals surface area contributed by atoms with Crippen LogP contribution in [-0.2, 0) is 0 Å². The van der Waals surface area contributed by atoms with E-state index in [-0.39, 0.29) is 11.6 Å². The molecule has 0 bridgehead atoms. The quantitative estimate of drug-likeness (QED) is 0.552. The third-order valence-electron chi connectivity index (χ3n) is 4.26. The van der Waals surface area contributed by atoms with E-state index in [9.17, 15) is 9.18 Å². The summed E-state index contributed by atoms with van der Waals surface area (Å²) < 4.78 is 19.9. The second kappa shape index (κ2) is 7.93. The maximum atomic E-state index is 13.1. The van der Waals surface area contributed by atoms with Gasteiger partial charge in [0.15, 0.2) is 5.82 Å². The van der Waals surface area contributed by atoms with E-state index in [1.807, 2.05) is 54.6 Å². The number of hydrogen-bond donors (Lipinski definition) is 1. The number of aromatic nitrogens is 3.